The molecule has 13 heavy (non-hydrogen) atoms. The Kier molecular flexibility index (Phi) is 1.97. The molecule has 0 saturated carbocycles. The Morgan fingerprint density at radius 2 is 2.23 bits per heavy atom. The summed E-state index contributed by atoms with van der Waals surface area (Å²) in [4.78, 5) is 0. The number of hydrogen-bond acceptors (Lipinski definition) is 2. The van der Waals surface area contributed by atoms with Gasteiger partial charge in [0.05, 0.1) is 6.26 Å². The Bertz CT molecular complexity index is 415. The Balaban J connectivity index is 2.55. The van der Waals surface area contributed by atoms with E-state index in [1.807, 2.05) is 6.07 Å². The highest BCUT2D eigenvalue weighted by Crippen LogP contribution is 2.25. The quantitative estimate of drug-likeness (QED) is 0.762. The molecule has 0 aliphatic rings. The van der Waals surface area contributed by atoms with E-state index in [-0.39, 0.29) is 5.75 Å². The van der Waals surface area contributed by atoms with E-state index in [4.69, 9.17) is 4.42 Å². The number of phenols is 1. The fraction of sp³-hybridized carbons (Fsp3) is 0.273. The van der Waals surface area contributed by atoms with Gasteiger partial charge < -0.3 is 9.52 Å². The smallest absolute Gasteiger partial charge is 0.137 e. The number of rotatable bonds is 2. The van der Waals surface area contributed by atoms with Crippen molar-refractivity contribution in [3.63, 3.8) is 0 Å². The van der Waals surface area contributed by atoms with Crippen LogP contribution in [0.3, 0.4) is 0 Å². The molecule has 0 atom stereocenters. The van der Waals surface area contributed by atoms with Gasteiger partial charge in [0.15, 0.2) is 0 Å². The summed E-state index contributed by atoms with van der Waals surface area (Å²) in [5.74, 6) is 0.255. The predicted octanol–water partition coefficient (Wildman–Crippen LogP) is 3.09. The summed E-state index contributed by atoms with van der Waals surface area (Å²) < 4.78 is 5.32. The van der Waals surface area contributed by atoms with Crippen LogP contribution < -0.4 is 0 Å². The van der Waals surface area contributed by atoms with Crippen LogP contribution in [0.1, 0.15) is 18.9 Å². The van der Waals surface area contributed by atoms with E-state index >= 15 is 0 Å². The van der Waals surface area contributed by atoms with E-state index < -0.39 is 0 Å². The van der Waals surface area contributed by atoms with E-state index in [1.165, 1.54) is 5.56 Å². The van der Waals surface area contributed by atoms with Crippen molar-refractivity contribution in [3.05, 3.63) is 30.0 Å². The summed E-state index contributed by atoms with van der Waals surface area (Å²) in [5, 5.41) is 10.3. The van der Waals surface area contributed by atoms with Crippen LogP contribution in [0, 0.1) is 0 Å². The van der Waals surface area contributed by atoms with Gasteiger partial charge in [-0.15, -0.1) is 0 Å². The predicted molar refractivity (Wildman–Crippen MR) is 51.9 cm³/mol. The van der Waals surface area contributed by atoms with Gasteiger partial charge in [-0.2, -0.15) is 0 Å². The Morgan fingerprint density at radius 3 is 3.00 bits per heavy atom. The molecule has 0 amide bonds. The topological polar surface area (TPSA) is 33.4 Å². The first-order chi connectivity index (χ1) is 6.31. The zero-order valence-corrected chi connectivity index (χ0v) is 7.58. The largest absolute Gasteiger partial charge is 0.508 e. The van der Waals surface area contributed by atoms with E-state index in [0.29, 0.717) is 0 Å². The molecular formula is C11H12O2. The van der Waals surface area contributed by atoms with Crippen LogP contribution in [0.5, 0.6) is 5.75 Å². The van der Waals surface area contributed by atoms with Crippen molar-refractivity contribution in [2.75, 3.05) is 0 Å². The van der Waals surface area contributed by atoms with Crippen molar-refractivity contribution >= 4 is 11.0 Å². The van der Waals surface area contributed by atoms with Crippen LogP contribution >= 0.6 is 0 Å². The number of furan rings is 1. The molecule has 0 aliphatic carbocycles. The summed E-state index contributed by atoms with van der Waals surface area (Å²) in [6, 6.07) is 5.24. The molecule has 0 unspecified atom stereocenters. The summed E-state index contributed by atoms with van der Waals surface area (Å²) >= 11 is 0. The minimum absolute atomic E-state index is 0.255. The summed E-state index contributed by atoms with van der Waals surface area (Å²) in [6.45, 7) is 2.14. The molecule has 1 N–H and O–H groups in total. The molecule has 1 heterocycles. The van der Waals surface area contributed by atoms with Crippen molar-refractivity contribution in [1.29, 1.82) is 0 Å². The second kappa shape index (κ2) is 3.13. The van der Waals surface area contributed by atoms with Gasteiger partial charge in [0.2, 0.25) is 0 Å². The molecule has 0 fully saturated rings. The maximum atomic E-state index is 9.21. The maximum Gasteiger partial charge on any atom is 0.137 e. The van der Waals surface area contributed by atoms with E-state index in [1.54, 1.807) is 18.4 Å². The lowest BCUT2D eigenvalue weighted by Gasteiger charge is -1.94. The van der Waals surface area contributed by atoms with Crippen LogP contribution in [0.2, 0.25) is 0 Å². The lowest BCUT2D eigenvalue weighted by atomic mass is 10.1. The number of aryl methyl sites for hydroxylation is 1. The van der Waals surface area contributed by atoms with Crippen LogP contribution in [0.15, 0.2) is 28.9 Å². The summed E-state index contributed by atoms with van der Waals surface area (Å²) in [7, 11) is 0. The normalized spacial score (nSPS) is 10.8. The van der Waals surface area contributed by atoms with Gasteiger partial charge in [0.25, 0.3) is 0 Å². The van der Waals surface area contributed by atoms with Crippen LogP contribution in [0.25, 0.3) is 11.0 Å². The van der Waals surface area contributed by atoms with Gasteiger partial charge in [-0.3, -0.25) is 0 Å². The van der Waals surface area contributed by atoms with Gasteiger partial charge in [-0.05, 0) is 24.1 Å². The second-order valence-electron chi connectivity index (χ2n) is 3.19. The van der Waals surface area contributed by atoms with Crippen LogP contribution in [0.4, 0.5) is 0 Å². The average Bonchev–Trinajstić information content (AvgIpc) is 2.49. The first-order valence-electron chi connectivity index (χ1n) is 4.50. The lowest BCUT2D eigenvalue weighted by molar-refractivity contribution is 0.474. The third-order valence-corrected chi connectivity index (χ3v) is 2.16. The molecule has 0 bridgehead atoms. The van der Waals surface area contributed by atoms with Crippen molar-refractivity contribution in [3.8, 4) is 5.75 Å². The van der Waals surface area contributed by atoms with Gasteiger partial charge >= 0.3 is 0 Å². The first kappa shape index (κ1) is 8.17. The van der Waals surface area contributed by atoms with E-state index in [0.717, 1.165) is 23.8 Å². The minimum Gasteiger partial charge on any atom is -0.508 e. The molecule has 2 aromatic rings. The van der Waals surface area contributed by atoms with E-state index in [9.17, 15) is 5.11 Å². The molecule has 1 aromatic heterocycles. The number of phenolic OH excluding ortho intramolecular Hbond substituents is 1. The zero-order chi connectivity index (χ0) is 9.26. The summed E-state index contributed by atoms with van der Waals surface area (Å²) in [5.41, 5.74) is 1.99. The van der Waals surface area contributed by atoms with Crippen molar-refractivity contribution < 1.29 is 9.52 Å². The minimum atomic E-state index is 0.255. The molecule has 68 valence electrons. The third-order valence-electron chi connectivity index (χ3n) is 2.16. The van der Waals surface area contributed by atoms with E-state index in [2.05, 4.69) is 6.92 Å². The van der Waals surface area contributed by atoms with Gasteiger partial charge in [-0.1, -0.05) is 13.3 Å². The molecular weight excluding hydrogens is 164 g/mol. The molecule has 2 rings (SSSR count). The van der Waals surface area contributed by atoms with Crippen molar-refractivity contribution in [2.45, 2.75) is 19.8 Å². The third kappa shape index (κ3) is 1.39. The highest BCUT2D eigenvalue weighted by atomic mass is 16.3. The average molecular weight is 176 g/mol. The monoisotopic (exact) mass is 176 g/mol. The van der Waals surface area contributed by atoms with Gasteiger partial charge in [-0.25, -0.2) is 0 Å². The number of aromatic hydroxyl groups is 1. The van der Waals surface area contributed by atoms with Crippen LogP contribution in [-0.2, 0) is 6.42 Å². The number of benzene rings is 1. The molecule has 0 aliphatic heterocycles. The highest BCUT2D eigenvalue weighted by molar-refractivity contribution is 5.82. The number of hydrogen-bond donors (Lipinski definition) is 1. The molecule has 0 spiro atoms. The molecule has 2 heteroatoms. The number of fused-ring (bicyclic) bond motifs is 1. The fourth-order valence-corrected chi connectivity index (χ4v) is 1.53. The lowest BCUT2D eigenvalue weighted by Crippen LogP contribution is -1.78. The highest BCUT2D eigenvalue weighted by Gasteiger charge is 2.04. The molecule has 0 radical (unpaired) electrons. The maximum absolute atomic E-state index is 9.21. The standard InChI is InChI=1S/C11H12O2/c1-2-3-8-7-13-11-6-9(12)4-5-10(8)11/h4-7,12H,2-3H2,1H3. The zero-order valence-electron chi connectivity index (χ0n) is 7.58. The molecule has 1 aromatic carbocycles. The van der Waals surface area contributed by atoms with Crippen molar-refractivity contribution in [1.82, 2.24) is 0 Å². The SMILES string of the molecule is CCCc1coc2cc(O)ccc12. The molecule has 0 saturated heterocycles. The Labute approximate surface area is 76.8 Å². The van der Waals surface area contributed by atoms with Crippen molar-refractivity contribution in [2.24, 2.45) is 0 Å². The fourth-order valence-electron chi connectivity index (χ4n) is 1.53. The van der Waals surface area contributed by atoms with Gasteiger partial charge in [0, 0.05) is 11.5 Å². The van der Waals surface area contributed by atoms with Gasteiger partial charge in [0.1, 0.15) is 11.3 Å². The Morgan fingerprint density at radius 1 is 1.38 bits per heavy atom. The Hall–Kier alpha value is -1.44. The first-order valence-corrected chi connectivity index (χ1v) is 4.50. The summed E-state index contributed by atoms with van der Waals surface area (Å²) in [6.07, 6.45) is 3.90. The second-order valence-corrected chi connectivity index (χ2v) is 3.19. The van der Waals surface area contributed by atoms with Crippen LogP contribution in [-0.4, -0.2) is 5.11 Å². The molecule has 2 nitrogen and oxygen atoms in total.